The van der Waals surface area contributed by atoms with Crippen molar-refractivity contribution in [1.82, 2.24) is 10.2 Å². The van der Waals surface area contributed by atoms with Gasteiger partial charge in [0, 0.05) is 11.3 Å². The minimum atomic E-state index is -0.0438. The van der Waals surface area contributed by atoms with Crippen molar-refractivity contribution < 1.29 is 4.42 Å². The Morgan fingerprint density at radius 2 is 1.67 bits per heavy atom. The maximum atomic E-state index is 5.74. The second-order valence-electron chi connectivity index (χ2n) is 5.04. The molecule has 3 aromatic rings. The number of hydrogen-bond donors (Lipinski definition) is 1. The van der Waals surface area contributed by atoms with E-state index in [1.165, 1.54) is 5.56 Å². The number of hydrogen-bond acceptors (Lipinski definition) is 4. The molecule has 0 saturated heterocycles. The zero-order chi connectivity index (χ0) is 14.7. The van der Waals surface area contributed by atoms with Crippen LogP contribution in [0, 0.1) is 6.92 Å². The van der Waals surface area contributed by atoms with E-state index < -0.39 is 0 Å². The Morgan fingerprint density at radius 1 is 0.952 bits per heavy atom. The van der Waals surface area contributed by atoms with Gasteiger partial charge in [0.1, 0.15) is 6.04 Å². The molecule has 21 heavy (non-hydrogen) atoms. The Balaban J connectivity index is 1.75. The normalized spacial score (nSPS) is 12.1. The van der Waals surface area contributed by atoms with Gasteiger partial charge in [0.2, 0.25) is 11.8 Å². The van der Waals surface area contributed by atoms with Crippen LogP contribution in [0.15, 0.2) is 59.0 Å². The average molecular weight is 279 g/mol. The van der Waals surface area contributed by atoms with Crippen molar-refractivity contribution in [3.05, 3.63) is 66.1 Å². The summed E-state index contributed by atoms with van der Waals surface area (Å²) in [5, 5.41) is 11.6. The molecule has 1 N–H and O–H groups in total. The highest BCUT2D eigenvalue weighted by molar-refractivity contribution is 5.52. The maximum Gasteiger partial charge on any atom is 0.247 e. The molecule has 2 aromatic carbocycles. The minimum Gasteiger partial charge on any atom is -0.418 e. The van der Waals surface area contributed by atoms with Crippen LogP contribution in [0.25, 0.3) is 11.5 Å². The predicted molar refractivity (Wildman–Crippen MR) is 83.0 cm³/mol. The van der Waals surface area contributed by atoms with Crippen molar-refractivity contribution in [2.24, 2.45) is 0 Å². The zero-order valence-electron chi connectivity index (χ0n) is 12.1. The second kappa shape index (κ2) is 5.79. The van der Waals surface area contributed by atoms with Gasteiger partial charge < -0.3 is 9.73 Å². The van der Waals surface area contributed by atoms with E-state index in [9.17, 15) is 0 Å². The minimum absolute atomic E-state index is 0.0438. The lowest BCUT2D eigenvalue weighted by Gasteiger charge is -2.11. The molecule has 0 radical (unpaired) electrons. The Morgan fingerprint density at radius 3 is 2.38 bits per heavy atom. The molecule has 0 bridgehead atoms. The quantitative estimate of drug-likeness (QED) is 0.777. The number of aromatic nitrogens is 2. The van der Waals surface area contributed by atoms with Gasteiger partial charge in [-0.2, -0.15) is 0 Å². The van der Waals surface area contributed by atoms with Crippen molar-refractivity contribution >= 4 is 5.69 Å². The van der Waals surface area contributed by atoms with Gasteiger partial charge in [-0.1, -0.05) is 35.9 Å². The lowest BCUT2D eigenvalue weighted by atomic mass is 10.2. The summed E-state index contributed by atoms with van der Waals surface area (Å²) in [6.45, 7) is 4.07. The molecule has 0 aliphatic heterocycles. The Bertz CT molecular complexity index is 704. The first-order valence-corrected chi connectivity index (χ1v) is 6.94. The van der Waals surface area contributed by atoms with Crippen LogP contribution in [0.4, 0.5) is 5.69 Å². The van der Waals surface area contributed by atoms with E-state index >= 15 is 0 Å². The fourth-order valence-electron chi connectivity index (χ4n) is 2.07. The van der Waals surface area contributed by atoms with Gasteiger partial charge in [-0.15, -0.1) is 10.2 Å². The number of nitrogens with zero attached hydrogens (tertiary/aromatic N) is 2. The lowest BCUT2D eigenvalue weighted by molar-refractivity contribution is 0.485. The number of nitrogens with one attached hydrogen (secondary N) is 1. The molecule has 1 atom stereocenters. The van der Waals surface area contributed by atoms with Crippen LogP contribution in [0.3, 0.4) is 0 Å². The summed E-state index contributed by atoms with van der Waals surface area (Å²) in [5.41, 5.74) is 3.20. The average Bonchev–Trinajstić information content (AvgIpc) is 3.00. The fraction of sp³-hybridized carbons (Fsp3) is 0.176. The molecule has 0 aliphatic rings. The molecule has 1 aromatic heterocycles. The van der Waals surface area contributed by atoms with Crippen LogP contribution in [-0.4, -0.2) is 10.2 Å². The molecular formula is C17H17N3O. The first-order chi connectivity index (χ1) is 10.2. The highest BCUT2D eigenvalue weighted by atomic mass is 16.4. The summed E-state index contributed by atoms with van der Waals surface area (Å²) in [6.07, 6.45) is 0. The molecule has 4 heteroatoms. The lowest BCUT2D eigenvalue weighted by Crippen LogP contribution is -2.06. The summed E-state index contributed by atoms with van der Waals surface area (Å²) in [7, 11) is 0. The smallest absolute Gasteiger partial charge is 0.247 e. The highest BCUT2D eigenvalue weighted by Gasteiger charge is 2.14. The zero-order valence-corrected chi connectivity index (χ0v) is 12.1. The third-order valence-electron chi connectivity index (χ3n) is 3.27. The summed E-state index contributed by atoms with van der Waals surface area (Å²) < 4.78 is 5.74. The maximum absolute atomic E-state index is 5.74. The monoisotopic (exact) mass is 279 g/mol. The van der Waals surface area contributed by atoms with Crippen LogP contribution in [0.5, 0.6) is 0 Å². The third kappa shape index (κ3) is 3.11. The van der Waals surface area contributed by atoms with Crippen molar-refractivity contribution in [1.29, 1.82) is 0 Å². The Labute approximate surface area is 123 Å². The molecule has 4 nitrogen and oxygen atoms in total. The van der Waals surface area contributed by atoms with Gasteiger partial charge in [0.05, 0.1) is 0 Å². The molecule has 106 valence electrons. The van der Waals surface area contributed by atoms with E-state index in [-0.39, 0.29) is 6.04 Å². The predicted octanol–water partition coefficient (Wildman–Crippen LogP) is 4.22. The second-order valence-corrected chi connectivity index (χ2v) is 5.04. The van der Waals surface area contributed by atoms with E-state index in [0.29, 0.717) is 11.8 Å². The standard InChI is InChI=1S/C17H17N3O/c1-12-8-10-15(11-9-12)18-13(2)16-19-20-17(21-16)14-6-4-3-5-7-14/h3-11,13,18H,1-2H3/t13-/m0/s1. The number of rotatable bonds is 4. The SMILES string of the molecule is Cc1ccc(N[C@@H](C)c2nnc(-c3ccccc3)o2)cc1. The van der Waals surface area contributed by atoms with Gasteiger partial charge in [-0.25, -0.2) is 0 Å². The molecule has 0 spiro atoms. The molecule has 0 amide bonds. The summed E-state index contributed by atoms with van der Waals surface area (Å²) in [5.74, 6) is 1.12. The van der Waals surface area contributed by atoms with Gasteiger partial charge in [0.15, 0.2) is 0 Å². The van der Waals surface area contributed by atoms with Crippen molar-refractivity contribution in [3.63, 3.8) is 0 Å². The van der Waals surface area contributed by atoms with Crippen LogP contribution in [0.1, 0.15) is 24.4 Å². The Kier molecular flexibility index (Phi) is 3.69. The van der Waals surface area contributed by atoms with E-state index in [4.69, 9.17) is 4.42 Å². The van der Waals surface area contributed by atoms with Crippen LogP contribution >= 0.6 is 0 Å². The molecule has 3 rings (SSSR count). The van der Waals surface area contributed by atoms with Crippen LogP contribution in [0.2, 0.25) is 0 Å². The molecule has 0 aliphatic carbocycles. The van der Waals surface area contributed by atoms with Crippen molar-refractivity contribution in [2.45, 2.75) is 19.9 Å². The Hall–Kier alpha value is -2.62. The third-order valence-corrected chi connectivity index (χ3v) is 3.27. The van der Waals surface area contributed by atoms with Gasteiger partial charge in [-0.3, -0.25) is 0 Å². The highest BCUT2D eigenvalue weighted by Crippen LogP contribution is 2.22. The fourth-order valence-corrected chi connectivity index (χ4v) is 2.07. The number of anilines is 1. The van der Waals surface area contributed by atoms with Crippen molar-refractivity contribution in [2.75, 3.05) is 5.32 Å². The number of aryl methyl sites for hydroxylation is 1. The van der Waals surface area contributed by atoms with Crippen molar-refractivity contribution in [3.8, 4) is 11.5 Å². The van der Waals surface area contributed by atoms with Gasteiger partial charge in [0.25, 0.3) is 0 Å². The largest absolute Gasteiger partial charge is 0.418 e. The molecule has 0 saturated carbocycles. The van der Waals surface area contributed by atoms with Crippen LogP contribution in [-0.2, 0) is 0 Å². The van der Waals surface area contributed by atoms with Crippen LogP contribution < -0.4 is 5.32 Å². The summed E-state index contributed by atoms with van der Waals surface area (Å²) in [6, 6.07) is 17.9. The molecular weight excluding hydrogens is 262 g/mol. The first-order valence-electron chi connectivity index (χ1n) is 6.94. The van der Waals surface area contributed by atoms with E-state index in [2.05, 4.69) is 34.6 Å². The summed E-state index contributed by atoms with van der Waals surface area (Å²) >= 11 is 0. The van der Waals surface area contributed by atoms with E-state index in [0.717, 1.165) is 11.3 Å². The molecule has 0 fully saturated rings. The topological polar surface area (TPSA) is 51.0 Å². The van der Waals surface area contributed by atoms with Gasteiger partial charge in [-0.05, 0) is 38.1 Å². The number of benzene rings is 2. The van der Waals surface area contributed by atoms with E-state index in [1.807, 2.05) is 49.4 Å². The van der Waals surface area contributed by atoms with E-state index in [1.54, 1.807) is 0 Å². The first kappa shape index (κ1) is 13.4. The molecule has 1 heterocycles. The summed E-state index contributed by atoms with van der Waals surface area (Å²) in [4.78, 5) is 0. The van der Waals surface area contributed by atoms with Gasteiger partial charge >= 0.3 is 0 Å². The molecule has 0 unspecified atom stereocenters.